The van der Waals surface area contributed by atoms with Crippen LogP contribution in [0.1, 0.15) is 43.7 Å². The number of aliphatic hydroxyl groups is 1. The van der Waals surface area contributed by atoms with Crippen LogP contribution in [0, 0.1) is 0 Å². The lowest BCUT2D eigenvalue weighted by molar-refractivity contribution is 0.0792. The molecular formula is C20H33IN4O. The first kappa shape index (κ1) is 21.4. The molecular weight excluding hydrogens is 439 g/mol. The minimum absolute atomic E-state index is 0. The van der Waals surface area contributed by atoms with Crippen molar-refractivity contribution in [1.29, 1.82) is 0 Å². The summed E-state index contributed by atoms with van der Waals surface area (Å²) < 4.78 is 0. The van der Waals surface area contributed by atoms with Crippen LogP contribution in [-0.2, 0) is 13.1 Å². The van der Waals surface area contributed by atoms with Gasteiger partial charge in [0.25, 0.3) is 0 Å². The number of aliphatic imine (C=N–C) groups is 1. The van der Waals surface area contributed by atoms with Gasteiger partial charge in [0, 0.05) is 39.3 Å². The summed E-state index contributed by atoms with van der Waals surface area (Å²) in [6.45, 7) is 8.98. The summed E-state index contributed by atoms with van der Waals surface area (Å²) in [5.41, 5.74) is 2.60. The molecule has 0 bridgehead atoms. The van der Waals surface area contributed by atoms with Crippen LogP contribution in [0.15, 0.2) is 29.3 Å². The first-order chi connectivity index (χ1) is 12.2. The number of rotatable bonds is 5. The zero-order valence-corrected chi connectivity index (χ0v) is 18.2. The molecule has 5 nitrogen and oxygen atoms in total. The lowest BCUT2D eigenvalue weighted by atomic mass is 10.1. The molecule has 1 aromatic rings. The van der Waals surface area contributed by atoms with E-state index in [2.05, 4.69) is 46.3 Å². The second-order valence-electron chi connectivity index (χ2n) is 7.19. The lowest BCUT2D eigenvalue weighted by Crippen LogP contribution is -2.39. The summed E-state index contributed by atoms with van der Waals surface area (Å²) in [4.78, 5) is 9.60. The van der Waals surface area contributed by atoms with Crippen LogP contribution >= 0.6 is 24.0 Å². The molecule has 0 unspecified atom stereocenters. The van der Waals surface area contributed by atoms with E-state index in [1.165, 1.54) is 24.0 Å². The molecule has 0 saturated carbocycles. The highest BCUT2D eigenvalue weighted by Gasteiger charge is 2.17. The molecule has 26 heavy (non-hydrogen) atoms. The Morgan fingerprint density at radius 3 is 2.31 bits per heavy atom. The third kappa shape index (κ3) is 6.39. The molecule has 0 radical (unpaired) electrons. The van der Waals surface area contributed by atoms with E-state index >= 15 is 0 Å². The molecule has 6 heteroatoms. The van der Waals surface area contributed by atoms with Crippen LogP contribution in [0.5, 0.6) is 0 Å². The standard InChI is InChI=1S/C20H32N4O.HI/c1-2-21-20(24-11-3-4-12-24)22-15-17-5-7-18(8-6-17)16-23-13-9-19(25)10-14-23;/h5-8,19,25H,2-4,9-16H2,1H3,(H,21,22);1H. The van der Waals surface area contributed by atoms with E-state index in [-0.39, 0.29) is 30.1 Å². The fraction of sp³-hybridized carbons (Fsp3) is 0.650. The Bertz CT molecular complexity index is 549. The molecule has 2 aliphatic heterocycles. The van der Waals surface area contributed by atoms with E-state index in [0.717, 1.165) is 64.6 Å². The van der Waals surface area contributed by atoms with Crippen molar-refractivity contribution in [2.45, 2.75) is 51.8 Å². The Kier molecular flexibility index (Phi) is 9.15. The minimum atomic E-state index is -0.0991. The van der Waals surface area contributed by atoms with Gasteiger partial charge in [-0.15, -0.1) is 24.0 Å². The van der Waals surface area contributed by atoms with Crippen LogP contribution in [0.4, 0.5) is 0 Å². The smallest absolute Gasteiger partial charge is 0.194 e. The Morgan fingerprint density at radius 1 is 1.08 bits per heavy atom. The molecule has 146 valence electrons. The summed E-state index contributed by atoms with van der Waals surface area (Å²) in [5, 5.41) is 13.0. The molecule has 0 amide bonds. The van der Waals surface area contributed by atoms with Crippen LogP contribution < -0.4 is 5.32 Å². The number of aliphatic hydroxyl groups excluding tert-OH is 1. The van der Waals surface area contributed by atoms with Gasteiger partial charge in [-0.05, 0) is 43.7 Å². The second-order valence-corrected chi connectivity index (χ2v) is 7.19. The quantitative estimate of drug-likeness (QED) is 0.393. The number of piperidine rings is 1. The highest BCUT2D eigenvalue weighted by molar-refractivity contribution is 14.0. The number of hydrogen-bond donors (Lipinski definition) is 2. The van der Waals surface area contributed by atoms with E-state index in [1.807, 2.05) is 0 Å². The molecule has 1 aromatic carbocycles. The van der Waals surface area contributed by atoms with Crippen molar-refractivity contribution in [1.82, 2.24) is 15.1 Å². The molecule has 2 saturated heterocycles. The zero-order chi connectivity index (χ0) is 17.5. The van der Waals surface area contributed by atoms with Gasteiger partial charge in [-0.25, -0.2) is 4.99 Å². The fourth-order valence-corrected chi connectivity index (χ4v) is 3.61. The summed E-state index contributed by atoms with van der Waals surface area (Å²) in [6.07, 6.45) is 4.24. The molecule has 3 rings (SSSR count). The first-order valence-electron chi connectivity index (χ1n) is 9.76. The van der Waals surface area contributed by atoms with E-state index < -0.39 is 0 Å². The van der Waals surface area contributed by atoms with Crippen LogP contribution in [0.2, 0.25) is 0 Å². The third-order valence-electron chi connectivity index (χ3n) is 5.14. The molecule has 0 aliphatic carbocycles. The maximum atomic E-state index is 9.60. The number of guanidine groups is 1. The predicted octanol–water partition coefficient (Wildman–Crippen LogP) is 2.82. The van der Waals surface area contributed by atoms with E-state index in [9.17, 15) is 5.11 Å². The lowest BCUT2D eigenvalue weighted by Gasteiger charge is -2.29. The molecule has 2 aliphatic rings. The first-order valence-corrected chi connectivity index (χ1v) is 9.76. The summed E-state index contributed by atoms with van der Waals surface area (Å²) in [7, 11) is 0. The van der Waals surface area contributed by atoms with Gasteiger partial charge in [0.05, 0.1) is 12.6 Å². The highest BCUT2D eigenvalue weighted by atomic mass is 127. The van der Waals surface area contributed by atoms with E-state index in [0.29, 0.717) is 0 Å². The number of likely N-dealkylation sites (tertiary alicyclic amines) is 2. The molecule has 2 heterocycles. The summed E-state index contributed by atoms with van der Waals surface area (Å²) in [5.74, 6) is 1.05. The third-order valence-corrected chi connectivity index (χ3v) is 5.14. The van der Waals surface area contributed by atoms with E-state index in [4.69, 9.17) is 4.99 Å². The van der Waals surface area contributed by atoms with Gasteiger partial charge in [-0.2, -0.15) is 0 Å². The van der Waals surface area contributed by atoms with Crippen molar-refractivity contribution in [2.75, 3.05) is 32.7 Å². The molecule has 0 atom stereocenters. The zero-order valence-electron chi connectivity index (χ0n) is 15.9. The number of nitrogens with one attached hydrogen (secondary N) is 1. The van der Waals surface area contributed by atoms with Gasteiger partial charge < -0.3 is 15.3 Å². The van der Waals surface area contributed by atoms with Gasteiger partial charge in [-0.1, -0.05) is 24.3 Å². The maximum absolute atomic E-state index is 9.60. The Morgan fingerprint density at radius 2 is 1.69 bits per heavy atom. The predicted molar refractivity (Wildman–Crippen MR) is 118 cm³/mol. The summed E-state index contributed by atoms with van der Waals surface area (Å²) >= 11 is 0. The van der Waals surface area contributed by atoms with Gasteiger partial charge in [0.2, 0.25) is 0 Å². The Balaban J connectivity index is 0.00000243. The van der Waals surface area contributed by atoms with Gasteiger partial charge in [0.1, 0.15) is 0 Å². The van der Waals surface area contributed by atoms with Crippen LogP contribution in [-0.4, -0.2) is 59.7 Å². The number of benzene rings is 1. The van der Waals surface area contributed by atoms with Crippen molar-refractivity contribution in [3.05, 3.63) is 35.4 Å². The minimum Gasteiger partial charge on any atom is -0.393 e. The van der Waals surface area contributed by atoms with Crippen LogP contribution in [0.25, 0.3) is 0 Å². The van der Waals surface area contributed by atoms with Crippen LogP contribution in [0.3, 0.4) is 0 Å². The van der Waals surface area contributed by atoms with Crippen molar-refractivity contribution in [3.8, 4) is 0 Å². The number of halogens is 1. The monoisotopic (exact) mass is 472 g/mol. The highest BCUT2D eigenvalue weighted by Crippen LogP contribution is 2.15. The topological polar surface area (TPSA) is 51.1 Å². The van der Waals surface area contributed by atoms with Gasteiger partial charge in [-0.3, -0.25) is 4.90 Å². The van der Waals surface area contributed by atoms with Gasteiger partial charge in [0.15, 0.2) is 5.96 Å². The average Bonchev–Trinajstić information content (AvgIpc) is 3.16. The molecule has 2 fully saturated rings. The second kappa shape index (κ2) is 11.1. The maximum Gasteiger partial charge on any atom is 0.194 e. The fourth-order valence-electron chi connectivity index (χ4n) is 3.61. The number of hydrogen-bond acceptors (Lipinski definition) is 3. The van der Waals surface area contributed by atoms with E-state index in [1.54, 1.807) is 0 Å². The normalized spacial score (nSPS) is 19.5. The molecule has 2 N–H and O–H groups in total. The van der Waals surface area contributed by atoms with Crippen molar-refractivity contribution in [3.63, 3.8) is 0 Å². The van der Waals surface area contributed by atoms with Crippen molar-refractivity contribution in [2.24, 2.45) is 4.99 Å². The van der Waals surface area contributed by atoms with Crippen molar-refractivity contribution < 1.29 is 5.11 Å². The Labute approximate surface area is 174 Å². The Hall–Kier alpha value is -0.860. The average molecular weight is 472 g/mol. The largest absolute Gasteiger partial charge is 0.393 e. The van der Waals surface area contributed by atoms with Gasteiger partial charge >= 0.3 is 0 Å². The SMILES string of the molecule is CCNC(=NCc1ccc(CN2CCC(O)CC2)cc1)N1CCCC1.I. The molecule has 0 spiro atoms. The number of nitrogens with zero attached hydrogens (tertiary/aromatic N) is 3. The molecule has 0 aromatic heterocycles. The van der Waals surface area contributed by atoms with Crippen molar-refractivity contribution >= 4 is 29.9 Å². The summed E-state index contributed by atoms with van der Waals surface area (Å²) in [6, 6.07) is 8.84.